The lowest BCUT2D eigenvalue weighted by Crippen LogP contribution is -2.14. The number of alkyl halides is 3. The topological polar surface area (TPSA) is 56.2 Å². The predicted molar refractivity (Wildman–Crippen MR) is 132 cm³/mol. The number of nitrogens with one attached hydrogen (secondary N) is 1. The second-order valence-corrected chi connectivity index (χ2v) is 8.74. The van der Waals surface area contributed by atoms with Crippen LogP contribution in [0.3, 0.4) is 0 Å². The average molecular weight is 514 g/mol. The zero-order chi connectivity index (χ0) is 25.9. The maximum Gasteiger partial charge on any atom is 0.416 e. The fraction of sp³-hybridized carbons (Fsp3) is 0.185. The summed E-state index contributed by atoms with van der Waals surface area (Å²) in [7, 11) is 0. The molecular formula is C27H23ClF3N3O2. The molecule has 1 amide bonds. The van der Waals surface area contributed by atoms with E-state index in [1.54, 1.807) is 67.1 Å². The second-order valence-electron chi connectivity index (χ2n) is 8.30. The monoisotopic (exact) mass is 513 g/mol. The van der Waals surface area contributed by atoms with Crippen LogP contribution >= 0.6 is 11.6 Å². The van der Waals surface area contributed by atoms with Crippen LogP contribution in [0.25, 0.3) is 0 Å². The van der Waals surface area contributed by atoms with Crippen LogP contribution < -0.4 is 10.1 Å². The van der Waals surface area contributed by atoms with Gasteiger partial charge in [0.2, 0.25) is 0 Å². The summed E-state index contributed by atoms with van der Waals surface area (Å²) in [6, 6.07) is 19.2. The van der Waals surface area contributed by atoms with Crippen LogP contribution in [0.15, 0.2) is 72.8 Å². The molecule has 1 heterocycles. The fourth-order valence-corrected chi connectivity index (χ4v) is 3.94. The zero-order valence-electron chi connectivity index (χ0n) is 19.6. The van der Waals surface area contributed by atoms with Crippen molar-refractivity contribution in [3.63, 3.8) is 0 Å². The zero-order valence-corrected chi connectivity index (χ0v) is 20.3. The van der Waals surface area contributed by atoms with Gasteiger partial charge in [-0.25, -0.2) is 0 Å². The quantitative estimate of drug-likeness (QED) is 0.288. The van der Waals surface area contributed by atoms with Crippen molar-refractivity contribution in [2.75, 3.05) is 5.32 Å². The summed E-state index contributed by atoms with van der Waals surface area (Å²) in [5.41, 5.74) is 2.71. The number of aryl methyl sites for hydroxylation is 1. The molecule has 0 unspecified atom stereocenters. The van der Waals surface area contributed by atoms with Gasteiger partial charge in [0, 0.05) is 10.6 Å². The smallest absolute Gasteiger partial charge is 0.416 e. The van der Waals surface area contributed by atoms with Gasteiger partial charge in [-0.3, -0.25) is 9.48 Å². The van der Waals surface area contributed by atoms with E-state index < -0.39 is 11.7 Å². The highest BCUT2D eigenvalue weighted by atomic mass is 35.5. The van der Waals surface area contributed by atoms with Gasteiger partial charge in [-0.1, -0.05) is 41.9 Å². The first-order valence-corrected chi connectivity index (χ1v) is 11.5. The number of carbonyl (C=O) groups excluding carboxylic acids is 1. The van der Waals surface area contributed by atoms with Crippen molar-refractivity contribution in [3.05, 3.63) is 111 Å². The number of ether oxygens (including phenoxy) is 1. The van der Waals surface area contributed by atoms with E-state index in [-0.39, 0.29) is 19.1 Å². The van der Waals surface area contributed by atoms with E-state index in [1.807, 2.05) is 6.07 Å². The highest BCUT2D eigenvalue weighted by molar-refractivity contribution is 6.30. The lowest BCUT2D eigenvalue weighted by molar-refractivity contribution is -0.137. The Morgan fingerprint density at radius 2 is 1.72 bits per heavy atom. The molecule has 0 saturated carbocycles. The molecule has 0 bridgehead atoms. The van der Waals surface area contributed by atoms with Crippen molar-refractivity contribution in [2.24, 2.45) is 0 Å². The second kappa shape index (κ2) is 10.5. The van der Waals surface area contributed by atoms with Crippen LogP contribution in [-0.4, -0.2) is 15.7 Å². The molecule has 0 radical (unpaired) electrons. The van der Waals surface area contributed by atoms with Crippen molar-refractivity contribution < 1.29 is 22.7 Å². The van der Waals surface area contributed by atoms with Crippen molar-refractivity contribution in [1.29, 1.82) is 0 Å². The number of nitrogens with zero attached hydrogens (tertiary/aromatic N) is 2. The summed E-state index contributed by atoms with van der Waals surface area (Å²) in [6.07, 6.45) is -4.42. The molecule has 3 aromatic carbocycles. The van der Waals surface area contributed by atoms with Gasteiger partial charge >= 0.3 is 6.18 Å². The Morgan fingerprint density at radius 1 is 1.00 bits per heavy atom. The van der Waals surface area contributed by atoms with Gasteiger partial charge in [-0.05, 0) is 67.4 Å². The summed E-state index contributed by atoms with van der Waals surface area (Å²) in [5, 5.41) is 7.88. The molecule has 1 aromatic heterocycles. The van der Waals surface area contributed by atoms with Gasteiger partial charge < -0.3 is 10.1 Å². The summed E-state index contributed by atoms with van der Waals surface area (Å²) >= 11 is 5.98. The molecule has 4 rings (SSSR count). The Hall–Kier alpha value is -3.78. The molecule has 0 aliphatic carbocycles. The summed E-state index contributed by atoms with van der Waals surface area (Å²) in [6.45, 7) is 3.90. The lowest BCUT2D eigenvalue weighted by atomic mass is 10.1. The number of aromatic nitrogens is 2. The highest BCUT2D eigenvalue weighted by Crippen LogP contribution is 2.30. The summed E-state index contributed by atoms with van der Waals surface area (Å²) in [4.78, 5) is 13.0. The van der Waals surface area contributed by atoms with Gasteiger partial charge in [0.05, 0.1) is 29.2 Å². The third-order valence-electron chi connectivity index (χ3n) is 5.60. The molecule has 0 fully saturated rings. The molecule has 0 spiro atoms. The van der Waals surface area contributed by atoms with E-state index in [1.165, 1.54) is 6.07 Å². The number of rotatable bonds is 7. The first-order chi connectivity index (χ1) is 17.1. The van der Waals surface area contributed by atoms with Gasteiger partial charge in [-0.15, -0.1) is 0 Å². The van der Waals surface area contributed by atoms with E-state index in [0.717, 1.165) is 17.7 Å². The standard InChI is InChI=1S/C27H23ClF3N3O2/c1-17-25(18(2)34(33-17)15-19-6-4-9-22(13-19)27(29,30)31)32-26(35)21-8-3-7-20(12-21)16-36-24-11-5-10-23(28)14-24/h3-14H,15-16H2,1-2H3,(H,32,35). The Kier molecular flexibility index (Phi) is 7.35. The van der Waals surface area contributed by atoms with Crippen LogP contribution in [-0.2, 0) is 19.3 Å². The number of hydrogen-bond acceptors (Lipinski definition) is 3. The van der Waals surface area contributed by atoms with Crippen molar-refractivity contribution in [2.45, 2.75) is 33.2 Å². The molecule has 9 heteroatoms. The first kappa shape index (κ1) is 25.3. The van der Waals surface area contributed by atoms with Crippen LogP contribution in [0.5, 0.6) is 5.75 Å². The lowest BCUT2D eigenvalue weighted by Gasteiger charge is -2.11. The normalized spacial score (nSPS) is 11.4. The van der Waals surface area contributed by atoms with Gasteiger partial charge in [0.1, 0.15) is 12.4 Å². The molecule has 5 nitrogen and oxygen atoms in total. The minimum atomic E-state index is -4.42. The molecule has 36 heavy (non-hydrogen) atoms. The third kappa shape index (κ3) is 6.07. The number of amides is 1. The van der Waals surface area contributed by atoms with E-state index in [0.29, 0.717) is 39.0 Å². The van der Waals surface area contributed by atoms with Gasteiger partial charge in [-0.2, -0.15) is 18.3 Å². The SMILES string of the molecule is Cc1nn(Cc2cccc(C(F)(F)F)c2)c(C)c1NC(=O)c1cccc(COc2cccc(Cl)c2)c1. The Balaban J connectivity index is 1.46. The van der Waals surface area contributed by atoms with E-state index in [2.05, 4.69) is 10.4 Å². The fourth-order valence-electron chi connectivity index (χ4n) is 3.76. The number of carbonyl (C=O) groups is 1. The molecule has 0 saturated heterocycles. The maximum atomic E-state index is 13.1. The number of anilines is 1. The molecule has 0 aliphatic heterocycles. The van der Waals surface area contributed by atoms with Crippen LogP contribution in [0, 0.1) is 13.8 Å². The third-order valence-corrected chi connectivity index (χ3v) is 5.83. The Bertz CT molecular complexity index is 1400. The summed E-state index contributed by atoms with van der Waals surface area (Å²) < 4.78 is 46.5. The van der Waals surface area contributed by atoms with Crippen molar-refractivity contribution >= 4 is 23.2 Å². The molecule has 4 aromatic rings. The average Bonchev–Trinajstić information content (AvgIpc) is 3.10. The van der Waals surface area contributed by atoms with Crippen LogP contribution in [0.2, 0.25) is 5.02 Å². The number of hydrogen-bond donors (Lipinski definition) is 1. The molecule has 1 N–H and O–H groups in total. The van der Waals surface area contributed by atoms with Gasteiger partial charge in [0.15, 0.2) is 0 Å². The molecule has 186 valence electrons. The van der Waals surface area contributed by atoms with Crippen LogP contribution in [0.1, 0.15) is 38.4 Å². The number of halogens is 4. The first-order valence-electron chi connectivity index (χ1n) is 11.1. The highest BCUT2D eigenvalue weighted by Gasteiger charge is 2.30. The predicted octanol–water partition coefficient (Wildman–Crippen LogP) is 7.05. The van der Waals surface area contributed by atoms with Gasteiger partial charge in [0.25, 0.3) is 5.91 Å². The molecular weight excluding hydrogens is 491 g/mol. The minimum Gasteiger partial charge on any atom is -0.489 e. The van der Waals surface area contributed by atoms with Crippen LogP contribution in [0.4, 0.5) is 18.9 Å². The van der Waals surface area contributed by atoms with Crippen molar-refractivity contribution in [1.82, 2.24) is 9.78 Å². The summed E-state index contributed by atoms with van der Waals surface area (Å²) in [5.74, 6) is 0.293. The number of benzene rings is 3. The van der Waals surface area contributed by atoms with E-state index in [9.17, 15) is 18.0 Å². The van der Waals surface area contributed by atoms with E-state index in [4.69, 9.17) is 16.3 Å². The largest absolute Gasteiger partial charge is 0.489 e. The minimum absolute atomic E-state index is 0.142. The van der Waals surface area contributed by atoms with E-state index >= 15 is 0 Å². The Morgan fingerprint density at radius 3 is 2.47 bits per heavy atom. The Labute approximate surface area is 211 Å². The maximum absolute atomic E-state index is 13.1. The molecule has 0 atom stereocenters. The molecule has 0 aliphatic rings. The van der Waals surface area contributed by atoms with Crippen molar-refractivity contribution in [3.8, 4) is 5.75 Å².